The molecule has 0 N–H and O–H groups in total. The van der Waals surface area contributed by atoms with Crippen LogP contribution in [-0.2, 0) is 6.18 Å². The molecule has 0 aliphatic carbocycles. The first-order valence-electron chi connectivity index (χ1n) is 7.58. The van der Waals surface area contributed by atoms with Crippen molar-refractivity contribution >= 4 is 26.3 Å². The zero-order valence-corrected chi connectivity index (χ0v) is 14.4. The summed E-state index contributed by atoms with van der Waals surface area (Å²) in [6, 6.07) is 6.47. The highest BCUT2D eigenvalue weighted by molar-refractivity contribution is 6.54. The largest absolute Gasteiger partial charge is 0.416 e. The first kappa shape index (κ1) is 19.3. The third-order valence-corrected chi connectivity index (χ3v) is 5.19. The average molecular weight is 347 g/mol. The number of rotatable bonds is 10. The van der Waals surface area contributed by atoms with Crippen LogP contribution in [-0.4, -0.2) is 15.4 Å². The number of benzene rings is 1. The zero-order valence-electron chi connectivity index (χ0n) is 12.7. The van der Waals surface area contributed by atoms with E-state index in [0.29, 0.717) is 17.1 Å². The fourth-order valence-electron chi connectivity index (χ4n) is 2.19. The van der Waals surface area contributed by atoms with Crippen LogP contribution >= 0.6 is 11.6 Å². The van der Waals surface area contributed by atoms with Crippen LogP contribution in [0.1, 0.15) is 44.1 Å². The van der Waals surface area contributed by atoms with Crippen LogP contribution in [0.5, 0.6) is 0 Å². The molecule has 5 heteroatoms. The Morgan fingerprint density at radius 1 is 1.05 bits per heavy atom. The van der Waals surface area contributed by atoms with E-state index >= 15 is 0 Å². The molecule has 0 fully saturated rings. The lowest BCUT2D eigenvalue weighted by Gasteiger charge is -2.12. The zero-order chi connectivity index (χ0) is 16.4. The van der Waals surface area contributed by atoms with E-state index < -0.39 is 11.7 Å². The first-order valence-corrected chi connectivity index (χ1v) is 9.32. The van der Waals surface area contributed by atoms with E-state index in [4.69, 9.17) is 11.6 Å². The lowest BCUT2D eigenvalue weighted by Crippen LogP contribution is -2.25. The Bertz CT molecular complexity index is 457. The van der Waals surface area contributed by atoms with E-state index in [0.717, 1.165) is 43.7 Å². The molecule has 0 aliphatic heterocycles. The smallest absolute Gasteiger partial charge is 0.166 e. The topological polar surface area (TPSA) is 0 Å². The van der Waals surface area contributed by atoms with Gasteiger partial charge in [0, 0.05) is 5.88 Å². The Hall–Kier alpha value is -0.743. The Morgan fingerprint density at radius 3 is 2.36 bits per heavy atom. The van der Waals surface area contributed by atoms with Crippen molar-refractivity contribution in [3.05, 3.63) is 42.0 Å². The molecule has 0 amide bonds. The van der Waals surface area contributed by atoms with Crippen LogP contribution in [0.25, 0.3) is 0 Å². The predicted octanol–water partition coefficient (Wildman–Crippen LogP) is 5.59. The Morgan fingerprint density at radius 2 is 1.68 bits per heavy atom. The summed E-state index contributed by atoms with van der Waals surface area (Å²) in [6.07, 6.45) is 2.20. The summed E-state index contributed by atoms with van der Waals surface area (Å²) < 4.78 is 38.7. The molecular formula is C17H22ClF3Si. The maximum Gasteiger partial charge on any atom is 0.416 e. The SMILES string of the molecule is C=C(CCCCCCCCl)C[Si]c1ccccc1C(F)(F)F. The minimum absolute atomic E-state index is 0.132. The van der Waals surface area contributed by atoms with E-state index in [1.54, 1.807) is 12.1 Å². The van der Waals surface area contributed by atoms with E-state index in [1.165, 1.54) is 12.5 Å². The van der Waals surface area contributed by atoms with Gasteiger partial charge in [-0.25, -0.2) is 0 Å². The maximum atomic E-state index is 12.9. The van der Waals surface area contributed by atoms with Crippen molar-refractivity contribution in [2.24, 2.45) is 0 Å². The number of allylic oxidation sites excluding steroid dienone is 1. The van der Waals surface area contributed by atoms with E-state index in [-0.39, 0.29) is 9.52 Å². The normalized spacial score (nSPS) is 11.6. The lowest BCUT2D eigenvalue weighted by atomic mass is 10.1. The molecule has 0 saturated carbocycles. The average Bonchev–Trinajstić information content (AvgIpc) is 2.48. The molecule has 0 aliphatic rings. The second-order valence-electron chi connectivity index (χ2n) is 5.35. The molecule has 1 rings (SSSR count). The summed E-state index contributed by atoms with van der Waals surface area (Å²) in [5, 5.41) is 0.387. The summed E-state index contributed by atoms with van der Waals surface area (Å²) >= 11 is 5.62. The Kier molecular flexibility index (Phi) is 8.87. The molecule has 0 heterocycles. The highest BCUT2D eigenvalue weighted by Crippen LogP contribution is 2.27. The predicted molar refractivity (Wildman–Crippen MR) is 89.2 cm³/mol. The first-order chi connectivity index (χ1) is 10.4. The van der Waals surface area contributed by atoms with Crippen molar-refractivity contribution in [1.29, 1.82) is 0 Å². The standard InChI is InChI=1S/C17H22ClF3Si/c1-14(9-5-3-2-4-8-12-18)13-22-16-11-7-6-10-15(16)17(19,20)21/h6-7,10-11H,1-5,8-9,12-13H2. The van der Waals surface area contributed by atoms with Gasteiger partial charge in [-0.05, 0) is 25.3 Å². The van der Waals surface area contributed by atoms with Gasteiger partial charge < -0.3 is 0 Å². The summed E-state index contributed by atoms with van der Waals surface area (Å²) in [7, 11) is 0.132. The van der Waals surface area contributed by atoms with Gasteiger partial charge in [-0.2, -0.15) is 13.2 Å². The third-order valence-electron chi connectivity index (χ3n) is 3.43. The number of alkyl halides is 4. The van der Waals surface area contributed by atoms with E-state index in [1.807, 2.05) is 0 Å². The van der Waals surface area contributed by atoms with Crippen molar-refractivity contribution in [3.63, 3.8) is 0 Å². The van der Waals surface area contributed by atoms with Crippen LogP contribution in [0.4, 0.5) is 13.2 Å². The summed E-state index contributed by atoms with van der Waals surface area (Å²) in [6.45, 7) is 4.00. The summed E-state index contributed by atoms with van der Waals surface area (Å²) in [4.78, 5) is 0. The lowest BCUT2D eigenvalue weighted by molar-refractivity contribution is -0.136. The number of hydrogen-bond acceptors (Lipinski definition) is 0. The molecule has 0 spiro atoms. The van der Waals surface area contributed by atoms with Crippen LogP contribution in [0.15, 0.2) is 36.4 Å². The van der Waals surface area contributed by atoms with Crippen LogP contribution in [0.2, 0.25) is 6.04 Å². The fourth-order valence-corrected chi connectivity index (χ4v) is 3.63. The molecule has 1 aromatic carbocycles. The van der Waals surface area contributed by atoms with Crippen LogP contribution < -0.4 is 5.19 Å². The quantitative estimate of drug-likeness (QED) is 0.224. The van der Waals surface area contributed by atoms with Crippen molar-refractivity contribution in [1.82, 2.24) is 0 Å². The van der Waals surface area contributed by atoms with Gasteiger partial charge in [-0.1, -0.05) is 54.3 Å². The van der Waals surface area contributed by atoms with Gasteiger partial charge in [0.15, 0.2) is 0 Å². The highest BCUT2D eigenvalue weighted by Gasteiger charge is 2.32. The molecule has 22 heavy (non-hydrogen) atoms. The number of unbranched alkanes of at least 4 members (excludes halogenated alkanes) is 4. The van der Waals surface area contributed by atoms with Gasteiger partial charge in [0.25, 0.3) is 0 Å². The van der Waals surface area contributed by atoms with Gasteiger partial charge in [0.1, 0.15) is 0 Å². The van der Waals surface area contributed by atoms with E-state index in [9.17, 15) is 13.2 Å². The van der Waals surface area contributed by atoms with Gasteiger partial charge >= 0.3 is 6.18 Å². The highest BCUT2D eigenvalue weighted by atomic mass is 35.5. The summed E-state index contributed by atoms with van der Waals surface area (Å²) in [5.74, 6) is 0.715. The monoisotopic (exact) mass is 346 g/mol. The summed E-state index contributed by atoms with van der Waals surface area (Å²) in [5.41, 5.74) is 0.537. The molecule has 1 aromatic rings. The van der Waals surface area contributed by atoms with Crippen molar-refractivity contribution in [2.75, 3.05) is 5.88 Å². The Balaban J connectivity index is 2.33. The number of hydrogen-bond donors (Lipinski definition) is 0. The van der Waals surface area contributed by atoms with Gasteiger partial charge in [-0.3, -0.25) is 0 Å². The molecule has 0 nitrogen and oxygen atoms in total. The molecule has 0 bridgehead atoms. The minimum Gasteiger partial charge on any atom is -0.166 e. The van der Waals surface area contributed by atoms with E-state index in [2.05, 4.69) is 6.58 Å². The molecule has 0 unspecified atom stereocenters. The van der Waals surface area contributed by atoms with Gasteiger partial charge in [0.05, 0.1) is 15.1 Å². The second-order valence-corrected chi connectivity index (χ2v) is 6.98. The van der Waals surface area contributed by atoms with Crippen molar-refractivity contribution < 1.29 is 13.2 Å². The van der Waals surface area contributed by atoms with Gasteiger partial charge in [0.2, 0.25) is 0 Å². The third kappa shape index (κ3) is 7.50. The van der Waals surface area contributed by atoms with Crippen molar-refractivity contribution in [2.45, 2.75) is 50.7 Å². The minimum atomic E-state index is -4.27. The molecule has 122 valence electrons. The van der Waals surface area contributed by atoms with Crippen LogP contribution in [0.3, 0.4) is 0 Å². The van der Waals surface area contributed by atoms with Crippen molar-refractivity contribution in [3.8, 4) is 0 Å². The van der Waals surface area contributed by atoms with Gasteiger partial charge in [-0.15, -0.1) is 18.2 Å². The maximum absolute atomic E-state index is 12.9. The second kappa shape index (κ2) is 10.1. The molecule has 2 radical (unpaired) electrons. The molecular weight excluding hydrogens is 325 g/mol. The molecule has 0 atom stereocenters. The molecule has 0 saturated heterocycles. The number of halogens is 4. The molecule has 0 aromatic heterocycles. The van der Waals surface area contributed by atoms with Crippen LogP contribution in [0, 0.1) is 0 Å². The fraction of sp³-hybridized carbons (Fsp3) is 0.529. The Labute approximate surface area is 138 Å².